The molecule has 1 amide bonds. The number of hydrogen-bond acceptors (Lipinski definition) is 3. The van der Waals surface area contributed by atoms with Crippen molar-refractivity contribution in [1.29, 1.82) is 0 Å². The van der Waals surface area contributed by atoms with Crippen molar-refractivity contribution < 1.29 is 26.7 Å². The number of nitrogens with one attached hydrogen (secondary N) is 1. The Labute approximate surface area is 185 Å². The molecule has 4 rings (SSSR count). The second kappa shape index (κ2) is 8.06. The van der Waals surface area contributed by atoms with Crippen molar-refractivity contribution in [3.63, 3.8) is 0 Å². The van der Waals surface area contributed by atoms with Crippen LogP contribution >= 0.6 is 0 Å². The van der Waals surface area contributed by atoms with Gasteiger partial charge in [-0.25, -0.2) is 8.78 Å². The van der Waals surface area contributed by atoms with E-state index in [-0.39, 0.29) is 28.7 Å². The molecule has 0 spiro atoms. The van der Waals surface area contributed by atoms with Gasteiger partial charge in [-0.15, -0.1) is 0 Å². The maximum atomic E-state index is 13.9. The Balaban J connectivity index is 1.57. The number of nitrogens with zero attached hydrogens (tertiary/aromatic N) is 2. The number of amides is 1. The van der Waals surface area contributed by atoms with Gasteiger partial charge in [0.15, 0.2) is 5.82 Å². The summed E-state index contributed by atoms with van der Waals surface area (Å²) in [6.45, 7) is 2.11. The summed E-state index contributed by atoms with van der Waals surface area (Å²) in [5, 5.41) is 3.44. The summed E-state index contributed by atoms with van der Waals surface area (Å²) in [4.78, 5) is 20.7. The molecule has 2 heterocycles. The zero-order chi connectivity index (χ0) is 24.0. The molecule has 1 N–H and O–H groups in total. The highest BCUT2D eigenvalue weighted by atomic mass is 19.4. The minimum absolute atomic E-state index is 0.00230. The molecule has 4 aromatic rings. The van der Waals surface area contributed by atoms with Crippen LogP contribution < -0.4 is 5.32 Å². The van der Waals surface area contributed by atoms with E-state index in [0.717, 1.165) is 26.0 Å². The average Bonchev–Trinajstić information content (AvgIpc) is 2.76. The molecule has 33 heavy (non-hydrogen) atoms. The van der Waals surface area contributed by atoms with Gasteiger partial charge in [0.1, 0.15) is 16.7 Å². The van der Waals surface area contributed by atoms with E-state index in [1.165, 1.54) is 36.5 Å². The van der Waals surface area contributed by atoms with E-state index >= 15 is 0 Å². The van der Waals surface area contributed by atoms with Crippen LogP contribution in [0.15, 0.2) is 54.7 Å². The lowest BCUT2D eigenvalue weighted by molar-refractivity contribution is -0.181. The number of rotatable bonds is 4. The molecular formula is C24H18F5N3O. The van der Waals surface area contributed by atoms with Crippen molar-refractivity contribution in [3.8, 4) is 0 Å². The highest BCUT2D eigenvalue weighted by Crippen LogP contribution is 2.40. The van der Waals surface area contributed by atoms with Crippen LogP contribution in [0, 0.1) is 11.6 Å². The normalized spacial score (nSPS) is 12.3. The molecule has 0 aliphatic heterocycles. The van der Waals surface area contributed by atoms with E-state index in [2.05, 4.69) is 15.3 Å². The molecular weight excluding hydrogens is 441 g/mol. The van der Waals surface area contributed by atoms with Crippen LogP contribution in [0.5, 0.6) is 0 Å². The molecule has 0 atom stereocenters. The molecule has 2 aromatic heterocycles. The molecule has 0 aliphatic carbocycles. The lowest BCUT2D eigenvalue weighted by atomic mass is 9.87. The van der Waals surface area contributed by atoms with Gasteiger partial charge in [-0.05, 0) is 55.8 Å². The fourth-order valence-electron chi connectivity index (χ4n) is 3.43. The fraction of sp³-hybridized carbons (Fsp3) is 0.208. The standard InChI is InChI=1S/C24H18F5N3O/c1-23(2,24(27,28)29)20-6-4-13-9-14(3-5-19(13)32-20)22(33)31-12-15-7-8-30-21-17(15)10-16(25)11-18(21)26/h3-11H,12H2,1-2H3,(H,31,33). The number of halogens is 5. The van der Waals surface area contributed by atoms with Crippen molar-refractivity contribution >= 4 is 27.7 Å². The molecule has 170 valence electrons. The van der Waals surface area contributed by atoms with Crippen molar-refractivity contribution in [2.24, 2.45) is 0 Å². The van der Waals surface area contributed by atoms with Gasteiger partial charge in [-0.1, -0.05) is 6.07 Å². The lowest BCUT2D eigenvalue weighted by Crippen LogP contribution is -2.37. The van der Waals surface area contributed by atoms with Gasteiger partial charge in [0.2, 0.25) is 0 Å². The van der Waals surface area contributed by atoms with Crippen molar-refractivity contribution in [2.75, 3.05) is 0 Å². The van der Waals surface area contributed by atoms with Crippen LogP contribution in [-0.2, 0) is 12.0 Å². The highest BCUT2D eigenvalue weighted by molar-refractivity contribution is 5.98. The smallest absolute Gasteiger partial charge is 0.348 e. The lowest BCUT2D eigenvalue weighted by Gasteiger charge is -2.27. The first kappa shape index (κ1) is 22.6. The van der Waals surface area contributed by atoms with Gasteiger partial charge < -0.3 is 5.32 Å². The minimum Gasteiger partial charge on any atom is -0.348 e. The molecule has 4 nitrogen and oxygen atoms in total. The topological polar surface area (TPSA) is 54.9 Å². The van der Waals surface area contributed by atoms with Gasteiger partial charge in [0.25, 0.3) is 5.91 Å². The third kappa shape index (κ3) is 4.22. The minimum atomic E-state index is -4.46. The van der Waals surface area contributed by atoms with Crippen LogP contribution in [0.4, 0.5) is 22.0 Å². The predicted molar refractivity (Wildman–Crippen MR) is 114 cm³/mol. The van der Waals surface area contributed by atoms with Gasteiger partial charge in [-0.2, -0.15) is 13.2 Å². The van der Waals surface area contributed by atoms with Crippen LogP contribution in [0.25, 0.3) is 21.8 Å². The first-order valence-corrected chi connectivity index (χ1v) is 9.96. The number of alkyl halides is 3. The summed E-state index contributed by atoms with van der Waals surface area (Å²) in [6, 6.07) is 10.7. The van der Waals surface area contributed by atoms with Crippen LogP contribution in [0.3, 0.4) is 0 Å². The third-order valence-electron chi connectivity index (χ3n) is 5.59. The number of fused-ring (bicyclic) bond motifs is 2. The SMILES string of the molecule is CC(C)(c1ccc2cc(C(=O)NCc3ccnc4c(F)cc(F)cc34)ccc2n1)C(F)(F)F. The second-order valence-electron chi connectivity index (χ2n) is 8.16. The molecule has 9 heteroatoms. The maximum absolute atomic E-state index is 13.9. The number of aromatic nitrogens is 2. The van der Waals surface area contributed by atoms with Gasteiger partial charge in [-0.3, -0.25) is 14.8 Å². The van der Waals surface area contributed by atoms with Gasteiger partial charge in [0, 0.05) is 35.1 Å². The number of hydrogen-bond donors (Lipinski definition) is 1. The van der Waals surface area contributed by atoms with Crippen LogP contribution in [0.1, 0.15) is 35.5 Å². The quantitative estimate of drug-likeness (QED) is 0.391. The van der Waals surface area contributed by atoms with E-state index < -0.39 is 29.1 Å². The first-order valence-electron chi connectivity index (χ1n) is 9.96. The Morgan fingerprint density at radius 1 is 1.00 bits per heavy atom. The summed E-state index contributed by atoms with van der Waals surface area (Å²) in [6.07, 6.45) is -3.09. The zero-order valence-corrected chi connectivity index (χ0v) is 17.6. The Kier molecular flexibility index (Phi) is 5.51. The molecule has 0 saturated carbocycles. The molecule has 0 aliphatic rings. The van der Waals surface area contributed by atoms with Gasteiger partial charge >= 0.3 is 6.18 Å². The number of carbonyl (C=O) groups excluding carboxylic acids is 1. The number of carbonyl (C=O) groups is 1. The summed E-state index contributed by atoms with van der Waals surface area (Å²) in [7, 11) is 0. The molecule has 0 unspecified atom stereocenters. The van der Waals surface area contributed by atoms with Crippen molar-refractivity contribution in [3.05, 3.63) is 83.2 Å². The third-order valence-corrected chi connectivity index (χ3v) is 5.59. The van der Waals surface area contributed by atoms with E-state index in [9.17, 15) is 26.7 Å². The first-order chi connectivity index (χ1) is 15.5. The monoisotopic (exact) mass is 459 g/mol. The summed E-state index contributed by atoms with van der Waals surface area (Å²) in [5.41, 5.74) is -1.17. The molecule has 0 fully saturated rings. The number of benzene rings is 2. The van der Waals surface area contributed by atoms with Crippen molar-refractivity contribution in [1.82, 2.24) is 15.3 Å². The molecule has 2 aromatic carbocycles. The number of pyridine rings is 2. The molecule has 0 bridgehead atoms. The van der Waals surface area contributed by atoms with Crippen LogP contribution in [0.2, 0.25) is 0 Å². The molecule has 0 radical (unpaired) electrons. The fourth-order valence-corrected chi connectivity index (χ4v) is 3.43. The summed E-state index contributed by atoms with van der Waals surface area (Å²) in [5.74, 6) is -2.01. The summed E-state index contributed by atoms with van der Waals surface area (Å²) >= 11 is 0. The van der Waals surface area contributed by atoms with E-state index in [4.69, 9.17) is 0 Å². The van der Waals surface area contributed by atoms with Gasteiger partial charge in [0.05, 0.1) is 11.2 Å². The largest absolute Gasteiger partial charge is 0.399 e. The second-order valence-corrected chi connectivity index (χ2v) is 8.16. The highest BCUT2D eigenvalue weighted by Gasteiger charge is 2.49. The van der Waals surface area contributed by atoms with Crippen molar-refractivity contribution in [2.45, 2.75) is 32.0 Å². The average molecular weight is 459 g/mol. The van der Waals surface area contributed by atoms with E-state index in [0.29, 0.717) is 16.5 Å². The maximum Gasteiger partial charge on any atom is 0.399 e. The molecule has 0 saturated heterocycles. The zero-order valence-electron chi connectivity index (χ0n) is 17.6. The van der Waals surface area contributed by atoms with Crippen LogP contribution in [-0.4, -0.2) is 22.1 Å². The predicted octanol–water partition coefficient (Wildman–Crippen LogP) is 5.83. The Bertz CT molecular complexity index is 1380. The summed E-state index contributed by atoms with van der Waals surface area (Å²) < 4.78 is 67.5. The van der Waals surface area contributed by atoms with E-state index in [1.807, 2.05) is 0 Å². The Hall–Kier alpha value is -3.62. The van der Waals surface area contributed by atoms with E-state index in [1.54, 1.807) is 6.07 Å². The Morgan fingerprint density at radius 2 is 1.76 bits per heavy atom. The Morgan fingerprint density at radius 3 is 2.48 bits per heavy atom.